The van der Waals surface area contributed by atoms with Crippen LogP contribution in [-0.2, 0) is 28.6 Å². The highest BCUT2D eigenvalue weighted by atomic mass is 16.6. The highest BCUT2D eigenvalue weighted by Crippen LogP contribution is 2.34. The van der Waals surface area contributed by atoms with Crippen molar-refractivity contribution in [2.45, 2.75) is 38.2 Å². The fraction of sp³-hybridized carbons (Fsp3) is 0.533. The number of carbonyl (C=O) groups excluding carboxylic acids is 3. The van der Waals surface area contributed by atoms with Crippen molar-refractivity contribution in [2.24, 2.45) is 0 Å². The van der Waals surface area contributed by atoms with Gasteiger partial charge in [0.15, 0.2) is 13.2 Å². The predicted molar refractivity (Wildman–Crippen MR) is 74.2 cm³/mol. The van der Waals surface area contributed by atoms with E-state index in [2.05, 4.69) is 22.6 Å². The molecule has 0 aromatic rings. The molecule has 6 nitrogen and oxygen atoms in total. The molecule has 0 spiro atoms. The summed E-state index contributed by atoms with van der Waals surface area (Å²) in [5.41, 5.74) is -0.466. The quantitative estimate of drug-likeness (QED) is 0.308. The maximum absolute atomic E-state index is 11.6. The van der Waals surface area contributed by atoms with E-state index < -0.39 is 36.7 Å². The molecule has 1 aliphatic rings. The summed E-state index contributed by atoms with van der Waals surface area (Å²) in [4.78, 5) is 34.0. The van der Waals surface area contributed by atoms with Gasteiger partial charge in [-0.05, 0) is 38.7 Å². The van der Waals surface area contributed by atoms with E-state index in [9.17, 15) is 14.4 Å². The minimum Gasteiger partial charge on any atom is -0.452 e. The molecule has 0 saturated heterocycles. The molecular weight excluding hydrogens is 276 g/mol. The first-order valence-electron chi connectivity index (χ1n) is 6.72. The van der Waals surface area contributed by atoms with Gasteiger partial charge in [-0.25, -0.2) is 14.4 Å². The van der Waals surface area contributed by atoms with E-state index in [1.54, 1.807) is 6.08 Å². The van der Waals surface area contributed by atoms with Crippen molar-refractivity contribution >= 4 is 17.9 Å². The molecule has 0 N–H and O–H groups in total. The van der Waals surface area contributed by atoms with Gasteiger partial charge in [-0.1, -0.05) is 13.2 Å². The summed E-state index contributed by atoms with van der Waals surface area (Å²) in [7, 11) is 0. The van der Waals surface area contributed by atoms with E-state index in [4.69, 9.17) is 4.74 Å². The van der Waals surface area contributed by atoms with Crippen LogP contribution < -0.4 is 0 Å². The van der Waals surface area contributed by atoms with Gasteiger partial charge >= 0.3 is 17.9 Å². The summed E-state index contributed by atoms with van der Waals surface area (Å²) < 4.78 is 14.6. The molecule has 116 valence electrons. The maximum Gasteiger partial charge on any atom is 0.345 e. The molecule has 1 rings (SSSR count). The molecule has 1 fully saturated rings. The Balaban J connectivity index is 2.29. The highest BCUT2D eigenvalue weighted by molar-refractivity contribution is 5.88. The normalized spacial score (nSPS) is 15.9. The Morgan fingerprint density at radius 1 is 1.10 bits per heavy atom. The van der Waals surface area contributed by atoms with Crippen molar-refractivity contribution in [1.29, 1.82) is 0 Å². The van der Waals surface area contributed by atoms with E-state index in [1.807, 2.05) is 0 Å². The fourth-order valence-electron chi connectivity index (χ4n) is 2.01. The first kappa shape index (κ1) is 16.9. The highest BCUT2D eigenvalue weighted by Gasteiger charge is 2.34. The van der Waals surface area contributed by atoms with Crippen LogP contribution >= 0.6 is 0 Å². The third-order valence-electron chi connectivity index (χ3n) is 3.16. The van der Waals surface area contributed by atoms with Crippen molar-refractivity contribution in [2.75, 3.05) is 13.2 Å². The Morgan fingerprint density at radius 3 is 2.19 bits per heavy atom. The smallest absolute Gasteiger partial charge is 0.345 e. The monoisotopic (exact) mass is 296 g/mol. The predicted octanol–water partition coefficient (Wildman–Crippen LogP) is 1.69. The molecule has 0 atom stereocenters. The van der Waals surface area contributed by atoms with Gasteiger partial charge in [0.2, 0.25) is 0 Å². The van der Waals surface area contributed by atoms with E-state index >= 15 is 0 Å². The molecule has 0 aromatic carbocycles. The van der Waals surface area contributed by atoms with Crippen LogP contribution in [0, 0.1) is 0 Å². The number of hydrogen-bond acceptors (Lipinski definition) is 6. The van der Waals surface area contributed by atoms with Crippen molar-refractivity contribution in [3.05, 3.63) is 24.8 Å². The summed E-state index contributed by atoms with van der Waals surface area (Å²) in [6, 6.07) is 0. The van der Waals surface area contributed by atoms with Crippen LogP contribution in [0.4, 0.5) is 0 Å². The van der Waals surface area contributed by atoms with Gasteiger partial charge in [-0.15, -0.1) is 0 Å². The molecule has 1 saturated carbocycles. The van der Waals surface area contributed by atoms with E-state index in [-0.39, 0.29) is 5.57 Å². The van der Waals surface area contributed by atoms with Crippen LogP contribution in [0.5, 0.6) is 0 Å². The Labute approximate surface area is 123 Å². The van der Waals surface area contributed by atoms with Crippen LogP contribution in [0.3, 0.4) is 0 Å². The van der Waals surface area contributed by atoms with Gasteiger partial charge in [0.25, 0.3) is 0 Å². The Morgan fingerprint density at radius 2 is 1.67 bits per heavy atom. The topological polar surface area (TPSA) is 78.9 Å². The average Bonchev–Trinajstić information content (AvgIpc) is 2.91. The molecule has 0 heterocycles. The molecule has 0 amide bonds. The second-order valence-electron chi connectivity index (χ2n) is 4.97. The van der Waals surface area contributed by atoms with Crippen molar-refractivity contribution in [1.82, 2.24) is 0 Å². The number of ether oxygens (including phenoxy) is 3. The molecule has 0 aliphatic heterocycles. The molecule has 21 heavy (non-hydrogen) atoms. The summed E-state index contributed by atoms with van der Waals surface area (Å²) >= 11 is 0. The zero-order chi connectivity index (χ0) is 15.9. The molecule has 6 heteroatoms. The Bertz CT molecular complexity index is 445. The molecule has 1 aliphatic carbocycles. The first-order valence-corrected chi connectivity index (χ1v) is 6.72. The first-order chi connectivity index (χ1) is 9.88. The minimum atomic E-state index is -0.819. The van der Waals surface area contributed by atoms with E-state index in [0.717, 1.165) is 25.7 Å². The molecule has 0 aromatic heterocycles. The van der Waals surface area contributed by atoms with Gasteiger partial charge in [0, 0.05) is 5.57 Å². The lowest BCUT2D eigenvalue weighted by atomic mass is 10.0. The fourth-order valence-corrected chi connectivity index (χ4v) is 2.01. The lowest BCUT2D eigenvalue weighted by Gasteiger charge is -2.24. The largest absolute Gasteiger partial charge is 0.452 e. The minimum absolute atomic E-state index is 0.177. The lowest BCUT2D eigenvalue weighted by molar-refractivity contribution is -0.169. The Kier molecular flexibility index (Phi) is 6.14. The third-order valence-corrected chi connectivity index (χ3v) is 3.16. The van der Waals surface area contributed by atoms with Gasteiger partial charge in [-0.3, -0.25) is 0 Å². The molecular formula is C15H20O6. The summed E-state index contributed by atoms with van der Waals surface area (Å²) in [5.74, 6) is -2.15. The van der Waals surface area contributed by atoms with Gasteiger partial charge in [-0.2, -0.15) is 0 Å². The molecule has 0 unspecified atom stereocenters. The van der Waals surface area contributed by atoms with Gasteiger partial charge in [0.05, 0.1) is 0 Å². The van der Waals surface area contributed by atoms with Crippen LogP contribution in [0.25, 0.3) is 0 Å². The number of esters is 3. The van der Waals surface area contributed by atoms with Gasteiger partial charge < -0.3 is 14.2 Å². The lowest BCUT2D eigenvalue weighted by Crippen LogP contribution is -2.32. The van der Waals surface area contributed by atoms with Crippen LogP contribution in [0.15, 0.2) is 24.8 Å². The Hall–Kier alpha value is -2.11. The number of rotatable bonds is 7. The van der Waals surface area contributed by atoms with Crippen LogP contribution in [-0.4, -0.2) is 36.7 Å². The van der Waals surface area contributed by atoms with Crippen LogP contribution in [0.2, 0.25) is 0 Å². The van der Waals surface area contributed by atoms with E-state index in [0.29, 0.717) is 0 Å². The standard InChI is InChI=1S/C15H20O6/c1-4-15(7-5-6-8-15)21-13(17)10-19-12(16)9-20-14(18)11(2)3/h4H,1-2,5-10H2,3H3. The maximum atomic E-state index is 11.6. The zero-order valence-corrected chi connectivity index (χ0v) is 12.2. The number of carbonyl (C=O) groups is 3. The van der Waals surface area contributed by atoms with Crippen molar-refractivity contribution in [3.8, 4) is 0 Å². The third kappa shape index (κ3) is 5.41. The molecule has 0 bridgehead atoms. The van der Waals surface area contributed by atoms with Crippen molar-refractivity contribution in [3.63, 3.8) is 0 Å². The van der Waals surface area contributed by atoms with Crippen molar-refractivity contribution < 1.29 is 28.6 Å². The zero-order valence-electron chi connectivity index (χ0n) is 12.2. The summed E-state index contributed by atoms with van der Waals surface area (Å²) in [6.07, 6.45) is 5.01. The van der Waals surface area contributed by atoms with Gasteiger partial charge in [0.1, 0.15) is 5.60 Å². The average molecular weight is 296 g/mol. The van der Waals surface area contributed by atoms with E-state index in [1.165, 1.54) is 6.92 Å². The number of hydrogen-bond donors (Lipinski definition) is 0. The summed E-state index contributed by atoms with van der Waals surface area (Å²) in [5, 5.41) is 0. The molecule has 0 radical (unpaired) electrons. The SMILES string of the molecule is C=CC1(OC(=O)COC(=O)COC(=O)C(=C)C)CCCC1. The summed E-state index contributed by atoms with van der Waals surface area (Å²) in [6.45, 7) is 7.43. The van der Waals surface area contributed by atoms with Crippen LogP contribution in [0.1, 0.15) is 32.6 Å². The second kappa shape index (κ2) is 7.61. The second-order valence-corrected chi connectivity index (χ2v) is 4.97.